The maximum absolute atomic E-state index is 12.1. The van der Waals surface area contributed by atoms with E-state index >= 15 is 0 Å². The van der Waals surface area contributed by atoms with Crippen LogP contribution in [-0.4, -0.2) is 23.0 Å². The summed E-state index contributed by atoms with van der Waals surface area (Å²) in [5.41, 5.74) is 1.12. The van der Waals surface area contributed by atoms with E-state index in [1.54, 1.807) is 12.1 Å². The second-order valence-electron chi connectivity index (χ2n) is 5.84. The van der Waals surface area contributed by atoms with Gasteiger partial charge >= 0.3 is 0 Å². The molecule has 6 heteroatoms. The lowest BCUT2D eigenvalue weighted by Crippen LogP contribution is -2.39. The Balaban J connectivity index is 1.46. The Morgan fingerprint density at radius 1 is 1.26 bits per heavy atom. The monoisotopic (exact) mass is 378 g/mol. The predicted molar refractivity (Wildman–Crippen MR) is 89.5 cm³/mol. The van der Waals surface area contributed by atoms with Gasteiger partial charge in [-0.1, -0.05) is 6.07 Å². The average molecular weight is 379 g/mol. The summed E-state index contributed by atoms with van der Waals surface area (Å²) >= 11 is 3.20. The zero-order chi connectivity index (χ0) is 16.2. The lowest BCUT2D eigenvalue weighted by molar-refractivity contribution is 0.0862. The molecule has 0 aromatic carbocycles. The van der Waals surface area contributed by atoms with Crippen LogP contribution >= 0.6 is 15.9 Å². The molecule has 0 bridgehead atoms. The van der Waals surface area contributed by atoms with Crippen molar-refractivity contribution in [3.63, 3.8) is 0 Å². The first-order chi connectivity index (χ1) is 11.1. The molecule has 1 saturated carbocycles. The van der Waals surface area contributed by atoms with E-state index in [1.807, 2.05) is 25.3 Å². The van der Waals surface area contributed by atoms with E-state index in [0.717, 1.165) is 31.2 Å². The molecule has 122 valence electrons. The molecule has 23 heavy (non-hydrogen) atoms. The van der Waals surface area contributed by atoms with Crippen molar-refractivity contribution in [1.82, 2.24) is 10.3 Å². The lowest BCUT2D eigenvalue weighted by Gasteiger charge is -2.29. The van der Waals surface area contributed by atoms with Gasteiger partial charge in [-0.15, -0.1) is 0 Å². The topological polar surface area (TPSA) is 64.4 Å². The Labute approximate surface area is 143 Å². The molecule has 0 spiro atoms. The number of rotatable bonds is 4. The van der Waals surface area contributed by atoms with E-state index < -0.39 is 0 Å². The predicted octanol–water partition coefficient (Wildman–Crippen LogP) is 3.87. The van der Waals surface area contributed by atoms with Gasteiger partial charge in [-0.2, -0.15) is 0 Å². The second kappa shape index (κ2) is 7.17. The molecule has 2 heterocycles. The molecule has 0 atom stereocenters. The molecule has 1 aliphatic carbocycles. The molecule has 0 radical (unpaired) electrons. The van der Waals surface area contributed by atoms with E-state index in [0.29, 0.717) is 16.3 Å². The summed E-state index contributed by atoms with van der Waals surface area (Å²) in [4.78, 5) is 16.3. The highest BCUT2D eigenvalue weighted by Crippen LogP contribution is 2.23. The normalized spacial score (nSPS) is 21.0. The number of nitrogens with zero attached hydrogens (tertiary/aromatic N) is 1. The summed E-state index contributed by atoms with van der Waals surface area (Å²) in [5, 5.41) is 3.02. The highest BCUT2D eigenvalue weighted by Gasteiger charge is 2.25. The molecule has 5 nitrogen and oxygen atoms in total. The Morgan fingerprint density at radius 3 is 2.65 bits per heavy atom. The second-order valence-corrected chi connectivity index (χ2v) is 6.62. The molecule has 1 amide bonds. The van der Waals surface area contributed by atoms with Crippen LogP contribution in [0.25, 0.3) is 0 Å². The maximum atomic E-state index is 12.1. The SMILES string of the molecule is Cc1ccc(OC2CCC(NC(=O)c3ccc(Br)o3)CC2)nc1. The summed E-state index contributed by atoms with van der Waals surface area (Å²) in [5.74, 6) is 0.836. The third kappa shape index (κ3) is 4.34. The Bertz CT molecular complexity index is 661. The first kappa shape index (κ1) is 16.1. The van der Waals surface area contributed by atoms with Gasteiger partial charge in [0, 0.05) is 18.3 Å². The number of furan rings is 1. The zero-order valence-electron chi connectivity index (χ0n) is 12.9. The molecule has 1 aliphatic rings. The number of hydrogen-bond acceptors (Lipinski definition) is 4. The number of carbonyl (C=O) groups is 1. The van der Waals surface area contributed by atoms with Crippen LogP contribution in [0.2, 0.25) is 0 Å². The van der Waals surface area contributed by atoms with Gasteiger partial charge < -0.3 is 14.5 Å². The average Bonchev–Trinajstić information content (AvgIpc) is 2.98. The van der Waals surface area contributed by atoms with Crippen LogP contribution in [0.4, 0.5) is 0 Å². The molecule has 3 rings (SSSR count). The zero-order valence-corrected chi connectivity index (χ0v) is 14.5. The Kier molecular flexibility index (Phi) is 5.00. The van der Waals surface area contributed by atoms with Gasteiger partial charge in [0.15, 0.2) is 10.4 Å². The van der Waals surface area contributed by atoms with Crippen LogP contribution in [0.3, 0.4) is 0 Å². The number of aromatic nitrogens is 1. The van der Waals surface area contributed by atoms with E-state index in [-0.39, 0.29) is 18.1 Å². The maximum Gasteiger partial charge on any atom is 0.287 e. The number of pyridine rings is 1. The number of aryl methyl sites for hydroxylation is 1. The van der Waals surface area contributed by atoms with E-state index in [4.69, 9.17) is 9.15 Å². The van der Waals surface area contributed by atoms with Crippen LogP contribution in [0.15, 0.2) is 39.5 Å². The van der Waals surface area contributed by atoms with Crippen molar-refractivity contribution >= 4 is 21.8 Å². The third-order valence-corrected chi connectivity index (χ3v) is 4.40. The number of ether oxygens (including phenoxy) is 1. The largest absolute Gasteiger partial charge is 0.474 e. The molecular weight excluding hydrogens is 360 g/mol. The van der Waals surface area contributed by atoms with Crippen molar-refractivity contribution in [3.05, 3.63) is 46.5 Å². The van der Waals surface area contributed by atoms with Gasteiger partial charge in [-0.3, -0.25) is 4.79 Å². The molecule has 2 aromatic heterocycles. The number of carbonyl (C=O) groups excluding carboxylic acids is 1. The molecule has 0 unspecified atom stereocenters. The van der Waals surface area contributed by atoms with Crippen molar-refractivity contribution in [1.29, 1.82) is 0 Å². The minimum Gasteiger partial charge on any atom is -0.474 e. The van der Waals surface area contributed by atoms with Crippen molar-refractivity contribution < 1.29 is 13.9 Å². The van der Waals surface area contributed by atoms with Gasteiger partial charge in [-0.05, 0) is 66.2 Å². The molecular formula is C17H19BrN2O3. The molecule has 0 saturated heterocycles. The number of hydrogen-bond donors (Lipinski definition) is 1. The highest BCUT2D eigenvalue weighted by atomic mass is 79.9. The van der Waals surface area contributed by atoms with Crippen molar-refractivity contribution in [2.24, 2.45) is 0 Å². The van der Waals surface area contributed by atoms with E-state index in [1.165, 1.54) is 0 Å². The summed E-state index contributed by atoms with van der Waals surface area (Å²) in [6.07, 6.45) is 5.57. The van der Waals surface area contributed by atoms with E-state index in [9.17, 15) is 4.79 Å². The van der Waals surface area contributed by atoms with Crippen LogP contribution in [0.5, 0.6) is 5.88 Å². The fraction of sp³-hybridized carbons (Fsp3) is 0.412. The number of nitrogens with one attached hydrogen (secondary N) is 1. The molecule has 0 aliphatic heterocycles. The van der Waals surface area contributed by atoms with Crippen molar-refractivity contribution in [3.8, 4) is 5.88 Å². The Morgan fingerprint density at radius 2 is 2.04 bits per heavy atom. The number of amides is 1. The lowest BCUT2D eigenvalue weighted by atomic mass is 9.93. The fourth-order valence-corrected chi connectivity index (χ4v) is 3.02. The van der Waals surface area contributed by atoms with Gasteiger partial charge in [-0.25, -0.2) is 4.98 Å². The standard InChI is InChI=1S/C17H19BrN2O3/c1-11-2-9-16(19-10-11)22-13-5-3-12(4-6-13)20-17(21)14-7-8-15(18)23-14/h2,7-10,12-13H,3-6H2,1H3,(H,20,21). The fourth-order valence-electron chi connectivity index (χ4n) is 2.71. The van der Waals surface area contributed by atoms with Gasteiger partial charge in [0.2, 0.25) is 5.88 Å². The van der Waals surface area contributed by atoms with Crippen LogP contribution in [0, 0.1) is 6.92 Å². The molecule has 1 fully saturated rings. The minimum atomic E-state index is -0.166. The Hall–Kier alpha value is -1.82. The smallest absolute Gasteiger partial charge is 0.287 e. The van der Waals surface area contributed by atoms with Crippen LogP contribution in [0.1, 0.15) is 41.8 Å². The highest BCUT2D eigenvalue weighted by molar-refractivity contribution is 9.10. The minimum absolute atomic E-state index is 0.163. The summed E-state index contributed by atoms with van der Waals surface area (Å²) in [6, 6.07) is 7.44. The van der Waals surface area contributed by atoms with Crippen molar-refractivity contribution in [2.75, 3.05) is 0 Å². The van der Waals surface area contributed by atoms with Gasteiger partial charge in [0.25, 0.3) is 5.91 Å². The summed E-state index contributed by atoms with van der Waals surface area (Å²) < 4.78 is 11.7. The van der Waals surface area contributed by atoms with Gasteiger partial charge in [0.1, 0.15) is 6.10 Å². The third-order valence-electron chi connectivity index (χ3n) is 3.98. The first-order valence-electron chi connectivity index (χ1n) is 7.75. The van der Waals surface area contributed by atoms with E-state index in [2.05, 4.69) is 26.2 Å². The van der Waals surface area contributed by atoms with Crippen molar-refractivity contribution in [2.45, 2.75) is 44.8 Å². The summed E-state index contributed by atoms with van der Waals surface area (Å²) in [6.45, 7) is 2.00. The van der Waals surface area contributed by atoms with Crippen LogP contribution in [-0.2, 0) is 0 Å². The van der Waals surface area contributed by atoms with Crippen LogP contribution < -0.4 is 10.1 Å². The summed E-state index contributed by atoms with van der Waals surface area (Å²) in [7, 11) is 0. The first-order valence-corrected chi connectivity index (χ1v) is 8.55. The molecule has 1 N–H and O–H groups in total. The number of halogens is 1. The quantitative estimate of drug-likeness (QED) is 0.876. The van der Waals surface area contributed by atoms with Gasteiger partial charge in [0.05, 0.1) is 0 Å². The molecule has 2 aromatic rings.